The SMILES string of the molecule is O=C(O)COC1CCOC2=CC=CCC21. The lowest BCUT2D eigenvalue weighted by molar-refractivity contribution is -0.147. The van der Waals surface area contributed by atoms with E-state index < -0.39 is 5.97 Å². The van der Waals surface area contributed by atoms with Gasteiger partial charge in [0.2, 0.25) is 0 Å². The zero-order valence-corrected chi connectivity index (χ0v) is 8.39. The number of aliphatic carboxylic acids is 1. The van der Waals surface area contributed by atoms with Gasteiger partial charge in [0.25, 0.3) is 0 Å². The maximum atomic E-state index is 10.4. The van der Waals surface area contributed by atoms with Crippen LogP contribution in [0.4, 0.5) is 0 Å². The number of allylic oxidation sites excluding steroid dienone is 3. The van der Waals surface area contributed by atoms with Crippen LogP contribution in [0.5, 0.6) is 0 Å². The second-order valence-corrected chi connectivity index (χ2v) is 3.72. The van der Waals surface area contributed by atoms with E-state index in [1.54, 1.807) is 0 Å². The molecule has 15 heavy (non-hydrogen) atoms. The van der Waals surface area contributed by atoms with Gasteiger partial charge in [0, 0.05) is 12.3 Å². The maximum Gasteiger partial charge on any atom is 0.329 e. The van der Waals surface area contributed by atoms with Crippen LogP contribution in [0.3, 0.4) is 0 Å². The lowest BCUT2D eigenvalue weighted by Gasteiger charge is -2.34. The second kappa shape index (κ2) is 4.49. The maximum absolute atomic E-state index is 10.4. The Kier molecular flexibility index (Phi) is 3.06. The molecule has 1 saturated heterocycles. The summed E-state index contributed by atoms with van der Waals surface area (Å²) in [7, 11) is 0. The lowest BCUT2D eigenvalue weighted by atomic mass is 9.89. The van der Waals surface area contributed by atoms with Crippen LogP contribution in [0.15, 0.2) is 24.0 Å². The van der Waals surface area contributed by atoms with Crippen LogP contribution in [-0.2, 0) is 14.3 Å². The summed E-state index contributed by atoms with van der Waals surface area (Å²) in [5, 5.41) is 8.56. The van der Waals surface area contributed by atoms with Crippen molar-refractivity contribution in [3.05, 3.63) is 24.0 Å². The average molecular weight is 210 g/mol. The van der Waals surface area contributed by atoms with E-state index >= 15 is 0 Å². The Morgan fingerprint density at radius 1 is 1.67 bits per heavy atom. The highest BCUT2D eigenvalue weighted by atomic mass is 16.5. The first-order valence-electron chi connectivity index (χ1n) is 5.10. The van der Waals surface area contributed by atoms with Crippen LogP contribution in [0, 0.1) is 5.92 Å². The highest BCUT2D eigenvalue weighted by Crippen LogP contribution is 2.32. The summed E-state index contributed by atoms with van der Waals surface area (Å²) in [6.07, 6.45) is 7.57. The summed E-state index contributed by atoms with van der Waals surface area (Å²) in [4.78, 5) is 10.4. The van der Waals surface area contributed by atoms with Crippen molar-refractivity contribution in [1.29, 1.82) is 0 Å². The third-order valence-corrected chi connectivity index (χ3v) is 2.69. The summed E-state index contributed by atoms with van der Waals surface area (Å²) >= 11 is 0. The van der Waals surface area contributed by atoms with E-state index in [0.29, 0.717) is 6.61 Å². The third kappa shape index (κ3) is 2.39. The largest absolute Gasteiger partial charge is 0.497 e. The van der Waals surface area contributed by atoms with Gasteiger partial charge in [-0.2, -0.15) is 0 Å². The molecule has 1 fully saturated rings. The van der Waals surface area contributed by atoms with Crippen molar-refractivity contribution >= 4 is 5.97 Å². The van der Waals surface area contributed by atoms with E-state index in [2.05, 4.69) is 6.08 Å². The molecule has 1 heterocycles. The molecule has 0 spiro atoms. The van der Waals surface area contributed by atoms with Gasteiger partial charge in [-0.25, -0.2) is 4.79 Å². The molecule has 4 nitrogen and oxygen atoms in total. The average Bonchev–Trinajstić information content (AvgIpc) is 2.26. The molecule has 4 heteroatoms. The van der Waals surface area contributed by atoms with Crippen LogP contribution in [0.1, 0.15) is 12.8 Å². The van der Waals surface area contributed by atoms with Crippen molar-refractivity contribution in [2.45, 2.75) is 18.9 Å². The number of carbonyl (C=O) groups is 1. The predicted octanol–water partition coefficient (Wildman–Crippen LogP) is 1.34. The number of rotatable bonds is 3. The van der Waals surface area contributed by atoms with Crippen LogP contribution >= 0.6 is 0 Å². The molecule has 1 aliphatic heterocycles. The molecule has 0 aromatic carbocycles. The topological polar surface area (TPSA) is 55.8 Å². The molecular formula is C11H14O4. The van der Waals surface area contributed by atoms with Gasteiger partial charge in [0.1, 0.15) is 12.4 Å². The predicted molar refractivity (Wildman–Crippen MR) is 53.3 cm³/mol. The van der Waals surface area contributed by atoms with Crippen LogP contribution in [0.25, 0.3) is 0 Å². The first-order valence-corrected chi connectivity index (χ1v) is 5.10. The second-order valence-electron chi connectivity index (χ2n) is 3.72. The molecular weight excluding hydrogens is 196 g/mol. The molecule has 2 atom stereocenters. The molecule has 0 amide bonds. The first kappa shape index (κ1) is 10.2. The minimum atomic E-state index is -0.918. The van der Waals surface area contributed by atoms with E-state index in [0.717, 1.165) is 18.6 Å². The molecule has 1 N–H and O–H groups in total. The zero-order chi connectivity index (χ0) is 10.7. The van der Waals surface area contributed by atoms with Crippen LogP contribution in [0.2, 0.25) is 0 Å². The van der Waals surface area contributed by atoms with Gasteiger partial charge >= 0.3 is 5.97 Å². The summed E-state index contributed by atoms with van der Waals surface area (Å²) in [5.74, 6) is 0.209. The van der Waals surface area contributed by atoms with Crippen molar-refractivity contribution in [1.82, 2.24) is 0 Å². The molecule has 2 rings (SSSR count). The van der Waals surface area contributed by atoms with E-state index in [1.807, 2.05) is 12.2 Å². The van der Waals surface area contributed by atoms with Crippen molar-refractivity contribution in [2.24, 2.45) is 5.92 Å². The van der Waals surface area contributed by atoms with Crippen LogP contribution < -0.4 is 0 Å². The Bertz CT molecular complexity index is 306. The number of carboxylic acids is 1. The Morgan fingerprint density at radius 2 is 2.53 bits per heavy atom. The highest BCUT2D eigenvalue weighted by Gasteiger charge is 2.31. The summed E-state index contributed by atoms with van der Waals surface area (Å²) in [6, 6.07) is 0. The lowest BCUT2D eigenvalue weighted by Crippen LogP contribution is -2.34. The van der Waals surface area contributed by atoms with Gasteiger partial charge in [-0.05, 0) is 12.5 Å². The summed E-state index contributed by atoms with van der Waals surface area (Å²) in [5.41, 5.74) is 0. The summed E-state index contributed by atoms with van der Waals surface area (Å²) < 4.78 is 10.9. The Labute approximate surface area is 88.2 Å². The fourth-order valence-corrected chi connectivity index (χ4v) is 1.99. The zero-order valence-electron chi connectivity index (χ0n) is 8.39. The number of hydrogen-bond acceptors (Lipinski definition) is 3. The van der Waals surface area contributed by atoms with Gasteiger partial charge in [-0.3, -0.25) is 0 Å². The molecule has 0 radical (unpaired) electrons. The highest BCUT2D eigenvalue weighted by molar-refractivity contribution is 5.68. The number of hydrogen-bond donors (Lipinski definition) is 1. The molecule has 0 saturated carbocycles. The number of ether oxygens (including phenoxy) is 2. The van der Waals surface area contributed by atoms with Crippen molar-refractivity contribution in [3.8, 4) is 0 Å². The number of carboxylic acid groups (broad SMARTS) is 1. The van der Waals surface area contributed by atoms with Gasteiger partial charge < -0.3 is 14.6 Å². The molecule has 0 bridgehead atoms. The minimum absolute atomic E-state index is 0.0222. The molecule has 2 aliphatic rings. The van der Waals surface area contributed by atoms with Crippen molar-refractivity contribution in [3.63, 3.8) is 0 Å². The summed E-state index contributed by atoms with van der Waals surface area (Å²) in [6.45, 7) is 0.388. The van der Waals surface area contributed by atoms with Crippen molar-refractivity contribution in [2.75, 3.05) is 13.2 Å². The minimum Gasteiger partial charge on any atom is -0.497 e. The number of fused-ring (bicyclic) bond motifs is 1. The monoisotopic (exact) mass is 210 g/mol. The molecule has 0 aromatic rings. The van der Waals surface area contributed by atoms with Gasteiger partial charge in [-0.15, -0.1) is 0 Å². The van der Waals surface area contributed by atoms with Crippen molar-refractivity contribution < 1.29 is 19.4 Å². The first-order chi connectivity index (χ1) is 7.27. The Morgan fingerprint density at radius 3 is 3.33 bits per heavy atom. The van der Waals surface area contributed by atoms with E-state index in [1.165, 1.54) is 0 Å². The van der Waals surface area contributed by atoms with Gasteiger partial charge in [-0.1, -0.05) is 12.2 Å². The molecule has 0 aromatic heterocycles. The molecule has 2 unspecified atom stereocenters. The van der Waals surface area contributed by atoms with Gasteiger partial charge in [0.05, 0.1) is 12.7 Å². The van der Waals surface area contributed by atoms with E-state index in [9.17, 15) is 4.79 Å². The fraction of sp³-hybridized carbons (Fsp3) is 0.545. The standard InChI is InChI=1S/C11H14O4/c12-11(13)7-15-10-5-6-14-9-4-2-1-3-8(9)10/h1-2,4,8,10H,3,5-7H2,(H,12,13). The van der Waals surface area contributed by atoms with Crippen LogP contribution in [-0.4, -0.2) is 30.4 Å². The molecule has 82 valence electrons. The molecule has 1 aliphatic carbocycles. The Balaban J connectivity index is 1.97. The van der Waals surface area contributed by atoms with E-state index in [4.69, 9.17) is 14.6 Å². The quantitative estimate of drug-likeness (QED) is 0.763. The van der Waals surface area contributed by atoms with E-state index in [-0.39, 0.29) is 18.6 Å². The third-order valence-electron chi connectivity index (χ3n) is 2.69. The fourth-order valence-electron chi connectivity index (χ4n) is 1.99. The normalized spacial score (nSPS) is 28.9. The van der Waals surface area contributed by atoms with Gasteiger partial charge in [0.15, 0.2) is 0 Å². The smallest absolute Gasteiger partial charge is 0.329 e. The Hall–Kier alpha value is -1.29.